The topological polar surface area (TPSA) is 42.9 Å². The van der Waals surface area contributed by atoms with Gasteiger partial charge in [-0.05, 0) is 31.5 Å². The molecule has 2 N–H and O–H groups in total. The Morgan fingerprint density at radius 1 is 1.00 bits per heavy atom. The lowest BCUT2D eigenvalue weighted by Gasteiger charge is -2.32. The maximum absolute atomic E-state index is 4.69. The Morgan fingerprint density at radius 3 is 2.27 bits per heavy atom. The van der Waals surface area contributed by atoms with E-state index in [1.165, 1.54) is 37.1 Å². The molecule has 0 aromatic heterocycles. The molecule has 0 radical (unpaired) electrons. The number of halogens is 1. The first-order valence-electron chi connectivity index (χ1n) is 9.72. The molecule has 26 heavy (non-hydrogen) atoms. The average Bonchev–Trinajstić information content (AvgIpc) is 2.63. The van der Waals surface area contributed by atoms with E-state index in [9.17, 15) is 0 Å². The molecule has 0 atom stereocenters. The van der Waals surface area contributed by atoms with Crippen LogP contribution in [0.4, 0.5) is 0 Å². The fraction of sp³-hybridized carbons (Fsp3) is 0.650. The van der Waals surface area contributed by atoms with Crippen molar-refractivity contribution in [2.45, 2.75) is 39.8 Å². The van der Waals surface area contributed by atoms with Crippen LogP contribution in [0.25, 0.3) is 0 Å². The van der Waals surface area contributed by atoms with E-state index in [1.54, 1.807) is 0 Å². The maximum Gasteiger partial charge on any atom is 0.191 e. The fourth-order valence-corrected chi connectivity index (χ4v) is 2.91. The van der Waals surface area contributed by atoms with Crippen molar-refractivity contribution in [1.82, 2.24) is 20.4 Å². The Balaban J connectivity index is 0.00000338. The highest BCUT2D eigenvalue weighted by atomic mass is 127. The summed E-state index contributed by atoms with van der Waals surface area (Å²) >= 11 is 0. The third-order valence-electron chi connectivity index (χ3n) is 4.61. The highest BCUT2D eigenvalue weighted by molar-refractivity contribution is 14.0. The average molecular weight is 473 g/mol. The van der Waals surface area contributed by atoms with Gasteiger partial charge in [-0.25, -0.2) is 4.99 Å². The number of piperazine rings is 1. The van der Waals surface area contributed by atoms with E-state index in [1.807, 2.05) is 0 Å². The summed E-state index contributed by atoms with van der Waals surface area (Å²) in [5.41, 5.74) is 2.65. The van der Waals surface area contributed by atoms with Gasteiger partial charge in [0.05, 0.1) is 6.54 Å². The van der Waals surface area contributed by atoms with Gasteiger partial charge >= 0.3 is 0 Å². The SMILES string of the molecule is CCCCNC(=NCc1ccc(CN2CCN(C)CC2)cc1)NCC.I. The molecule has 1 saturated heterocycles. The highest BCUT2D eigenvalue weighted by Crippen LogP contribution is 2.10. The number of likely N-dealkylation sites (N-methyl/N-ethyl adjacent to an activating group) is 1. The first-order chi connectivity index (χ1) is 12.2. The molecule has 0 aliphatic carbocycles. The number of nitrogens with one attached hydrogen (secondary N) is 2. The lowest BCUT2D eigenvalue weighted by molar-refractivity contribution is 0.148. The van der Waals surface area contributed by atoms with E-state index in [2.05, 4.69) is 70.6 Å². The number of nitrogens with zero attached hydrogens (tertiary/aromatic N) is 3. The van der Waals surface area contributed by atoms with Gasteiger partial charge in [0.15, 0.2) is 5.96 Å². The molecule has 2 rings (SSSR count). The second-order valence-electron chi connectivity index (χ2n) is 6.87. The van der Waals surface area contributed by atoms with Crippen molar-refractivity contribution >= 4 is 29.9 Å². The molecule has 5 nitrogen and oxygen atoms in total. The molecule has 0 amide bonds. The predicted molar refractivity (Wildman–Crippen MR) is 122 cm³/mol. The van der Waals surface area contributed by atoms with Crippen LogP contribution >= 0.6 is 24.0 Å². The molecule has 6 heteroatoms. The number of guanidine groups is 1. The van der Waals surface area contributed by atoms with Crippen molar-refractivity contribution in [3.05, 3.63) is 35.4 Å². The van der Waals surface area contributed by atoms with Gasteiger partial charge in [-0.3, -0.25) is 4.90 Å². The van der Waals surface area contributed by atoms with Gasteiger partial charge in [-0.1, -0.05) is 37.6 Å². The smallest absolute Gasteiger partial charge is 0.191 e. The molecule has 0 bridgehead atoms. The molecule has 148 valence electrons. The summed E-state index contributed by atoms with van der Waals surface area (Å²) in [6.45, 7) is 12.6. The summed E-state index contributed by atoms with van der Waals surface area (Å²) in [6.07, 6.45) is 2.37. The van der Waals surface area contributed by atoms with Crippen molar-refractivity contribution < 1.29 is 0 Å². The first-order valence-corrected chi connectivity index (χ1v) is 9.72. The second-order valence-corrected chi connectivity index (χ2v) is 6.87. The van der Waals surface area contributed by atoms with Crippen LogP contribution in [0.3, 0.4) is 0 Å². The molecule has 0 saturated carbocycles. The Labute approximate surface area is 176 Å². The van der Waals surface area contributed by atoms with Crippen molar-refractivity contribution in [3.8, 4) is 0 Å². The van der Waals surface area contributed by atoms with Gasteiger partial charge < -0.3 is 15.5 Å². The van der Waals surface area contributed by atoms with Crippen LogP contribution in [0.5, 0.6) is 0 Å². The summed E-state index contributed by atoms with van der Waals surface area (Å²) in [5, 5.41) is 6.70. The molecular weight excluding hydrogens is 437 g/mol. The third-order valence-corrected chi connectivity index (χ3v) is 4.61. The lowest BCUT2D eigenvalue weighted by atomic mass is 10.1. The first kappa shape index (κ1) is 23.2. The monoisotopic (exact) mass is 473 g/mol. The van der Waals surface area contributed by atoms with Crippen LogP contribution in [0.1, 0.15) is 37.8 Å². The summed E-state index contributed by atoms with van der Waals surface area (Å²) in [6, 6.07) is 8.93. The highest BCUT2D eigenvalue weighted by Gasteiger charge is 2.13. The molecule has 1 aromatic carbocycles. The number of benzene rings is 1. The van der Waals surface area contributed by atoms with Gasteiger partial charge in [0.1, 0.15) is 0 Å². The molecule has 1 fully saturated rings. The fourth-order valence-electron chi connectivity index (χ4n) is 2.91. The lowest BCUT2D eigenvalue weighted by Crippen LogP contribution is -2.43. The number of unbranched alkanes of at least 4 members (excludes halogenated alkanes) is 1. The van der Waals surface area contributed by atoms with Crippen LogP contribution in [-0.2, 0) is 13.1 Å². The van der Waals surface area contributed by atoms with Gasteiger partial charge in [0, 0.05) is 45.8 Å². The summed E-state index contributed by atoms with van der Waals surface area (Å²) in [5.74, 6) is 0.914. The van der Waals surface area contributed by atoms with E-state index in [0.29, 0.717) is 0 Å². The quantitative estimate of drug-likeness (QED) is 0.264. The Morgan fingerprint density at radius 2 is 1.65 bits per heavy atom. The summed E-state index contributed by atoms with van der Waals surface area (Å²) < 4.78 is 0. The van der Waals surface area contributed by atoms with Crippen LogP contribution in [-0.4, -0.2) is 62.1 Å². The van der Waals surface area contributed by atoms with E-state index < -0.39 is 0 Å². The number of rotatable bonds is 8. The largest absolute Gasteiger partial charge is 0.357 e. The maximum atomic E-state index is 4.69. The normalized spacial score (nSPS) is 16.2. The van der Waals surface area contributed by atoms with Crippen LogP contribution in [0.2, 0.25) is 0 Å². The second kappa shape index (κ2) is 13.3. The zero-order valence-corrected chi connectivity index (χ0v) is 19.0. The molecule has 0 unspecified atom stereocenters. The van der Waals surface area contributed by atoms with Crippen molar-refractivity contribution in [2.75, 3.05) is 46.3 Å². The molecule has 0 spiro atoms. The number of hydrogen-bond acceptors (Lipinski definition) is 3. The zero-order valence-electron chi connectivity index (χ0n) is 16.6. The molecular formula is C20H36IN5. The Hall–Kier alpha value is -0.860. The molecule has 1 aliphatic heterocycles. The van der Waals surface area contributed by atoms with Crippen molar-refractivity contribution in [2.24, 2.45) is 4.99 Å². The van der Waals surface area contributed by atoms with Gasteiger partial charge in [0.25, 0.3) is 0 Å². The molecule has 1 aromatic rings. The molecule has 1 aliphatic rings. The Bertz CT molecular complexity index is 509. The molecule has 1 heterocycles. The number of aliphatic imine (C=N–C) groups is 1. The Kier molecular flexibility index (Phi) is 11.9. The van der Waals surface area contributed by atoms with Gasteiger partial charge in [-0.15, -0.1) is 24.0 Å². The van der Waals surface area contributed by atoms with E-state index in [-0.39, 0.29) is 24.0 Å². The predicted octanol–water partition coefficient (Wildman–Crippen LogP) is 2.91. The van der Waals surface area contributed by atoms with Crippen LogP contribution in [0.15, 0.2) is 29.3 Å². The van der Waals surface area contributed by atoms with Crippen molar-refractivity contribution in [1.29, 1.82) is 0 Å². The summed E-state index contributed by atoms with van der Waals surface area (Å²) in [4.78, 5) is 9.62. The van der Waals surface area contributed by atoms with E-state index in [0.717, 1.165) is 45.2 Å². The van der Waals surface area contributed by atoms with Gasteiger partial charge in [0.2, 0.25) is 0 Å². The number of hydrogen-bond donors (Lipinski definition) is 2. The minimum absolute atomic E-state index is 0. The minimum atomic E-state index is 0. The zero-order chi connectivity index (χ0) is 17.9. The standard InChI is InChI=1S/C20H35N5.HI/c1-4-6-11-22-20(21-5-2)23-16-18-7-9-19(10-8-18)17-25-14-12-24(3)13-15-25;/h7-10H,4-6,11-17H2,1-3H3,(H2,21,22,23);1H. The third kappa shape index (κ3) is 8.68. The van der Waals surface area contributed by atoms with Crippen LogP contribution < -0.4 is 10.6 Å². The summed E-state index contributed by atoms with van der Waals surface area (Å²) in [7, 11) is 2.20. The van der Waals surface area contributed by atoms with Crippen LogP contribution in [0, 0.1) is 0 Å². The van der Waals surface area contributed by atoms with E-state index in [4.69, 9.17) is 0 Å². The van der Waals surface area contributed by atoms with E-state index >= 15 is 0 Å². The minimum Gasteiger partial charge on any atom is -0.357 e. The van der Waals surface area contributed by atoms with Gasteiger partial charge in [-0.2, -0.15) is 0 Å². The van der Waals surface area contributed by atoms with Crippen molar-refractivity contribution in [3.63, 3.8) is 0 Å².